The number of carbonyl (C=O) groups excluding carboxylic acids is 1. The summed E-state index contributed by atoms with van der Waals surface area (Å²) in [4.78, 5) is 12.7. The van der Waals surface area contributed by atoms with Crippen molar-refractivity contribution in [3.05, 3.63) is 71.3 Å². The molecule has 3 aliphatic rings. The lowest BCUT2D eigenvalue weighted by Crippen LogP contribution is -2.32. The number of ether oxygens (including phenoxy) is 1. The summed E-state index contributed by atoms with van der Waals surface area (Å²) < 4.78 is 5.60. The van der Waals surface area contributed by atoms with E-state index in [9.17, 15) is 9.90 Å². The zero-order valence-corrected chi connectivity index (χ0v) is 16.3. The number of phenolic OH excluding ortho intramolecular Hbond substituents is 1. The Balaban J connectivity index is 1.39. The summed E-state index contributed by atoms with van der Waals surface area (Å²) in [5.41, 5.74) is 3.79. The zero-order valence-electron chi connectivity index (χ0n) is 16.3. The van der Waals surface area contributed by atoms with Gasteiger partial charge in [0.1, 0.15) is 5.75 Å². The number of aromatic hydroxyl groups is 1. The van der Waals surface area contributed by atoms with Crippen molar-refractivity contribution in [2.45, 2.75) is 37.3 Å². The predicted molar refractivity (Wildman–Crippen MR) is 112 cm³/mol. The highest BCUT2D eigenvalue weighted by molar-refractivity contribution is 5.95. The van der Waals surface area contributed by atoms with Crippen LogP contribution in [0.5, 0.6) is 5.75 Å². The molecule has 0 aromatic heterocycles. The topological polar surface area (TPSA) is 70.6 Å². The maximum atomic E-state index is 12.7. The number of allylic oxidation sites excluding steroid dienone is 2. The number of nitrogens with one attached hydrogen (secondary N) is 2. The zero-order chi connectivity index (χ0) is 19.8. The average molecular weight is 390 g/mol. The molecular weight excluding hydrogens is 364 g/mol. The van der Waals surface area contributed by atoms with Crippen molar-refractivity contribution in [3.63, 3.8) is 0 Å². The first-order valence-electron chi connectivity index (χ1n) is 10.5. The van der Waals surface area contributed by atoms with Crippen LogP contribution >= 0.6 is 0 Å². The molecule has 2 aromatic carbocycles. The molecule has 2 aromatic rings. The number of amides is 1. The Labute approximate surface area is 170 Å². The first kappa shape index (κ1) is 18.3. The van der Waals surface area contributed by atoms with Crippen molar-refractivity contribution in [1.82, 2.24) is 5.32 Å². The van der Waals surface area contributed by atoms with Crippen LogP contribution in [0.3, 0.4) is 0 Å². The van der Waals surface area contributed by atoms with E-state index >= 15 is 0 Å². The van der Waals surface area contributed by atoms with Crippen LogP contribution in [0.1, 0.15) is 52.7 Å². The van der Waals surface area contributed by atoms with Crippen molar-refractivity contribution < 1.29 is 14.6 Å². The fourth-order valence-electron chi connectivity index (χ4n) is 4.91. The van der Waals surface area contributed by atoms with Gasteiger partial charge in [0.2, 0.25) is 0 Å². The molecule has 0 radical (unpaired) electrons. The van der Waals surface area contributed by atoms with Crippen molar-refractivity contribution in [2.24, 2.45) is 5.92 Å². The van der Waals surface area contributed by atoms with Gasteiger partial charge in [-0.3, -0.25) is 4.79 Å². The Bertz CT molecular complexity index is 949. The molecule has 5 nitrogen and oxygen atoms in total. The number of phenols is 1. The molecule has 4 atom stereocenters. The number of benzene rings is 2. The summed E-state index contributed by atoms with van der Waals surface area (Å²) in [6.07, 6.45) is 7.62. The molecule has 1 aliphatic carbocycles. The number of rotatable bonds is 4. The van der Waals surface area contributed by atoms with Crippen LogP contribution in [0.15, 0.2) is 54.6 Å². The number of hydrogen-bond donors (Lipinski definition) is 3. The Morgan fingerprint density at radius 2 is 2.10 bits per heavy atom. The summed E-state index contributed by atoms with van der Waals surface area (Å²) in [7, 11) is 0. The Morgan fingerprint density at radius 1 is 1.21 bits per heavy atom. The lowest BCUT2D eigenvalue weighted by molar-refractivity contribution is 0.0857. The van der Waals surface area contributed by atoms with E-state index in [0.29, 0.717) is 23.8 Å². The first-order chi connectivity index (χ1) is 14.2. The maximum Gasteiger partial charge on any atom is 0.251 e. The van der Waals surface area contributed by atoms with E-state index in [1.807, 2.05) is 36.4 Å². The lowest BCUT2D eigenvalue weighted by Gasteiger charge is -2.38. The molecule has 5 heteroatoms. The van der Waals surface area contributed by atoms with Gasteiger partial charge in [0.15, 0.2) is 0 Å². The van der Waals surface area contributed by atoms with Crippen LogP contribution in [0.4, 0.5) is 5.69 Å². The minimum atomic E-state index is -0.0512. The van der Waals surface area contributed by atoms with E-state index in [2.05, 4.69) is 22.8 Å². The average Bonchev–Trinajstić information content (AvgIpc) is 3.44. The third-order valence-electron chi connectivity index (χ3n) is 6.41. The van der Waals surface area contributed by atoms with Gasteiger partial charge < -0.3 is 20.5 Å². The largest absolute Gasteiger partial charge is 0.508 e. The van der Waals surface area contributed by atoms with Gasteiger partial charge >= 0.3 is 0 Å². The molecular formula is C24H26N2O3. The second-order valence-corrected chi connectivity index (χ2v) is 8.18. The van der Waals surface area contributed by atoms with Gasteiger partial charge in [0.05, 0.1) is 12.1 Å². The van der Waals surface area contributed by atoms with Crippen molar-refractivity contribution >= 4 is 11.6 Å². The number of fused-ring (bicyclic) bond motifs is 3. The smallest absolute Gasteiger partial charge is 0.251 e. The second kappa shape index (κ2) is 7.56. The molecule has 2 aliphatic heterocycles. The molecule has 1 saturated heterocycles. The molecule has 1 fully saturated rings. The fourth-order valence-corrected chi connectivity index (χ4v) is 4.91. The highest BCUT2D eigenvalue weighted by Gasteiger charge is 2.39. The van der Waals surface area contributed by atoms with Crippen LogP contribution < -0.4 is 10.6 Å². The molecule has 4 unspecified atom stereocenters. The lowest BCUT2D eigenvalue weighted by atomic mass is 9.76. The number of para-hydroxylation sites is 1. The third-order valence-corrected chi connectivity index (χ3v) is 6.41. The SMILES string of the molecule is O=C(NCC1CCCO1)c1ccc2c(c1)C1C=CCC1C(c1ccccc1O)N2. The minimum absolute atomic E-state index is 0.0443. The molecule has 5 rings (SSSR count). The van der Waals surface area contributed by atoms with Crippen molar-refractivity contribution in [1.29, 1.82) is 0 Å². The van der Waals surface area contributed by atoms with Crippen molar-refractivity contribution in [3.8, 4) is 5.75 Å². The van der Waals surface area contributed by atoms with E-state index < -0.39 is 0 Å². The molecule has 2 heterocycles. The van der Waals surface area contributed by atoms with E-state index in [-0.39, 0.29) is 24.0 Å². The molecule has 3 N–H and O–H groups in total. The number of carbonyl (C=O) groups is 1. The van der Waals surface area contributed by atoms with Crippen LogP contribution in [0.25, 0.3) is 0 Å². The third kappa shape index (κ3) is 3.40. The highest BCUT2D eigenvalue weighted by Crippen LogP contribution is 2.51. The Hall–Kier alpha value is -2.79. The summed E-state index contributed by atoms with van der Waals surface area (Å²) in [6, 6.07) is 13.5. The predicted octanol–water partition coefficient (Wildman–Crippen LogP) is 4.13. The van der Waals surface area contributed by atoms with Crippen LogP contribution in [0, 0.1) is 5.92 Å². The van der Waals surface area contributed by atoms with Gasteiger partial charge in [0, 0.05) is 35.9 Å². The molecule has 29 heavy (non-hydrogen) atoms. The Kier molecular flexibility index (Phi) is 4.76. The van der Waals surface area contributed by atoms with Crippen LogP contribution in [-0.4, -0.2) is 30.3 Å². The van der Waals surface area contributed by atoms with Gasteiger partial charge in [-0.05, 0) is 55.0 Å². The number of hydrogen-bond acceptors (Lipinski definition) is 4. The van der Waals surface area contributed by atoms with E-state index in [4.69, 9.17) is 4.74 Å². The fraction of sp³-hybridized carbons (Fsp3) is 0.375. The molecule has 1 amide bonds. The molecule has 0 bridgehead atoms. The van der Waals surface area contributed by atoms with Crippen LogP contribution in [0.2, 0.25) is 0 Å². The monoisotopic (exact) mass is 390 g/mol. The van der Waals surface area contributed by atoms with Crippen molar-refractivity contribution in [2.75, 3.05) is 18.5 Å². The first-order valence-corrected chi connectivity index (χ1v) is 10.5. The molecule has 150 valence electrons. The van der Waals surface area contributed by atoms with Gasteiger partial charge in [-0.25, -0.2) is 0 Å². The normalized spacial score (nSPS) is 27.2. The summed E-state index contributed by atoms with van der Waals surface area (Å²) in [5, 5.41) is 17.0. The van der Waals surface area contributed by atoms with Gasteiger partial charge in [0.25, 0.3) is 5.91 Å². The Morgan fingerprint density at radius 3 is 2.93 bits per heavy atom. The van der Waals surface area contributed by atoms with Gasteiger partial charge in [-0.1, -0.05) is 30.4 Å². The quantitative estimate of drug-likeness (QED) is 0.687. The highest BCUT2D eigenvalue weighted by atomic mass is 16.5. The maximum absolute atomic E-state index is 12.7. The van der Waals surface area contributed by atoms with E-state index in [1.165, 1.54) is 0 Å². The van der Waals surface area contributed by atoms with Gasteiger partial charge in [-0.15, -0.1) is 0 Å². The minimum Gasteiger partial charge on any atom is -0.508 e. The number of anilines is 1. The standard InChI is InChI=1S/C24H26N2O3/c27-22-9-2-1-6-19(22)23-18-8-3-7-17(18)20-13-15(10-11-21(20)26-23)24(28)25-14-16-5-4-12-29-16/h1-3,6-7,9-11,13,16-18,23,26-27H,4-5,8,12,14H2,(H,25,28). The van der Waals surface area contributed by atoms with E-state index in [1.54, 1.807) is 6.07 Å². The second-order valence-electron chi connectivity index (χ2n) is 8.18. The molecule has 0 saturated carbocycles. The molecule has 0 spiro atoms. The summed E-state index contributed by atoms with van der Waals surface area (Å²) >= 11 is 0. The summed E-state index contributed by atoms with van der Waals surface area (Å²) in [6.45, 7) is 1.36. The van der Waals surface area contributed by atoms with Crippen LogP contribution in [-0.2, 0) is 4.74 Å². The van der Waals surface area contributed by atoms with Gasteiger partial charge in [-0.2, -0.15) is 0 Å². The van der Waals surface area contributed by atoms with E-state index in [0.717, 1.165) is 42.7 Å². The summed E-state index contributed by atoms with van der Waals surface area (Å²) in [5.74, 6) is 0.830.